The van der Waals surface area contributed by atoms with Crippen molar-refractivity contribution in [2.24, 2.45) is 5.41 Å². The zero-order chi connectivity index (χ0) is 12.0. The summed E-state index contributed by atoms with van der Waals surface area (Å²) in [6.45, 7) is 5.33. The van der Waals surface area contributed by atoms with Gasteiger partial charge in [-0.2, -0.15) is 0 Å². The van der Waals surface area contributed by atoms with E-state index in [1.54, 1.807) is 7.11 Å². The summed E-state index contributed by atoms with van der Waals surface area (Å²) in [5.74, 6) is 0.286. The third kappa shape index (κ3) is 2.95. The molecular formula is C12H24N2O2. The van der Waals surface area contributed by atoms with Gasteiger partial charge in [-0.3, -0.25) is 4.79 Å². The maximum Gasteiger partial charge on any atom is 0.228 e. The number of nitrogens with one attached hydrogen (secondary N) is 1. The summed E-state index contributed by atoms with van der Waals surface area (Å²) >= 11 is 0. The first-order valence-corrected chi connectivity index (χ1v) is 6.11. The predicted octanol–water partition coefficient (Wildman–Crippen LogP) is 0.871. The Morgan fingerprint density at radius 3 is 2.56 bits per heavy atom. The number of amides is 1. The minimum atomic E-state index is -0.131. The second-order valence-corrected chi connectivity index (χ2v) is 4.60. The molecule has 4 heteroatoms. The maximum atomic E-state index is 12.4. The van der Waals surface area contributed by atoms with Gasteiger partial charge < -0.3 is 15.0 Å². The van der Waals surface area contributed by atoms with Crippen molar-refractivity contribution in [1.29, 1.82) is 0 Å². The Hall–Kier alpha value is -0.610. The summed E-state index contributed by atoms with van der Waals surface area (Å²) in [4.78, 5) is 14.2. The van der Waals surface area contributed by atoms with E-state index in [2.05, 4.69) is 12.2 Å². The molecule has 1 aliphatic rings. The van der Waals surface area contributed by atoms with Gasteiger partial charge in [0.05, 0.1) is 12.0 Å². The molecule has 0 unspecified atom stereocenters. The van der Waals surface area contributed by atoms with Gasteiger partial charge in [-0.1, -0.05) is 6.92 Å². The first-order chi connectivity index (χ1) is 7.66. The Bertz CT molecular complexity index is 225. The molecule has 1 amide bonds. The van der Waals surface area contributed by atoms with E-state index in [0.717, 1.165) is 32.4 Å². The van der Waals surface area contributed by atoms with Crippen molar-refractivity contribution in [3.8, 4) is 0 Å². The molecule has 0 aliphatic carbocycles. The Morgan fingerprint density at radius 2 is 2.06 bits per heavy atom. The number of hydrogen-bond acceptors (Lipinski definition) is 3. The average Bonchev–Trinajstić information content (AvgIpc) is 2.35. The van der Waals surface area contributed by atoms with E-state index in [1.807, 2.05) is 11.9 Å². The van der Waals surface area contributed by atoms with Gasteiger partial charge in [0.25, 0.3) is 0 Å². The number of rotatable bonds is 5. The third-order valence-electron chi connectivity index (χ3n) is 3.67. The zero-order valence-electron chi connectivity index (χ0n) is 10.7. The number of hydrogen-bond donors (Lipinski definition) is 1. The lowest BCUT2D eigenvalue weighted by Crippen LogP contribution is -2.48. The van der Waals surface area contributed by atoms with Crippen molar-refractivity contribution in [2.75, 3.05) is 40.4 Å². The minimum Gasteiger partial charge on any atom is -0.383 e. The van der Waals surface area contributed by atoms with Crippen molar-refractivity contribution in [3.05, 3.63) is 0 Å². The normalized spacial score (nSPS) is 19.4. The van der Waals surface area contributed by atoms with Crippen LogP contribution in [0.3, 0.4) is 0 Å². The summed E-state index contributed by atoms with van der Waals surface area (Å²) < 4.78 is 5.01. The molecule has 0 spiro atoms. The molecule has 0 aromatic rings. The lowest BCUT2D eigenvalue weighted by atomic mass is 9.75. The fourth-order valence-corrected chi connectivity index (χ4v) is 2.36. The van der Waals surface area contributed by atoms with E-state index in [9.17, 15) is 4.79 Å². The predicted molar refractivity (Wildman–Crippen MR) is 64.3 cm³/mol. The van der Waals surface area contributed by atoms with E-state index in [1.165, 1.54) is 0 Å². The monoisotopic (exact) mass is 228 g/mol. The highest BCUT2D eigenvalue weighted by Crippen LogP contribution is 2.34. The Kier molecular flexibility index (Phi) is 5.22. The second kappa shape index (κ2) is 6.21. The molecule has 1 heterocycles. The van der Waals surface area contributed by atoms with E-state index >= 15 is 0 Å². The number of piperidine rings is 1. The zero-order valence-corrected chi connectivity index (χ0v) is 10.7. The van der Waals surface area contributed by atoms with Gasteiger partial charge >= 0.3 is 0 Å². The molecule has 1 fully saturated rings. The van der Waals surface area contributed by atoms with Crippen LogP contribution in [0.1, 0.15) is 26.2 Å². The number of likely N-dealkylation sites (N-methyl/N-ethyl adjacent to an activating group) is 1. The van der Waals surface area contributed by atoms with Gasteiger partial charge in [-0.05, 0) is 32.4 Å². The van der Waals surface area contributed by atoms with Crippen LogP contribution >= 0.6 is 0 Å². The molecule has 0 saturated carbocycles. The SMILES string of the molecule is CCC1(C(=O)N(C)CCOC)CCNCC1. The Balaban J connectivity index is 2.60. The molecule has 1 N–H and O–H groups in total. The van der Waals surface area contributed by atoms with Gasteiger partial charge in [0, 0.05) is 20.7 Å². The molecule has 1 rings (SSSR count). The van der Waals surface area contributed by atoms with Crippen LogP contribution in [-0.2, 0) is 9.53 Å². The highest BCUT2D eigenvalue weighted by Gasteiger charge is 2.39. The van der Waals surface area contributed by atoms with E-state index in [4.69, 9.17) is 4.74 Å². The van der Waals surface area contributed by atoms with Crippen LogP contribution in [0.2, 0.25) is 0 Å². The highest BCUT2D eigenvalue weighted by atomic mass is 16.5. The van der Waals surface area contributed by atoms with Crippen LogP contribution in [0.4, 0.5) is 0 Å². The van der Waals surface area contributed by atoms with Crippen LogP contribution in [0.15, 0.2) is 0 Å². The molecule has 0 aromatic heterocycles. The highest BCUT2D eigenvalue weighted by molar-refractivity contribution is 5.82. The van der Waals surface area contributed by atoms with Crippen molar-refractivity contribution < 1.29 is 9.53 Å². The van der Waals surface area contributed by atoms with Crippen LogP contribution in [-0.4, -0.2) is 51.2 Å². The van der Waals surface area contributed by atoms with Crippen LogP contribution in [0.25, 0.3) is 0 Å². The molecule has 1 aliphatic heterocycles. The van der Waals surface area contributed by atoms with Crippen LogP contribution in [0.5, 0.6) is 0 Å². The standard InChI is InChI=1S/C12H24N2O2/c1-4-12(5-7-13-8-6-12)11(15)14(2)9-10-16-3/h13H,4-10H2,1-3H3. The molecule has 4 nitrogen and oxygen atoms in total. The van der Waals surface area contributed by atoms with Crippen molar-refractivity contribution in [2.45, 2.75) is 26.2 Å². The molecule has 94 valence electrons. The van der Waals surface area contributed by atoms with Gasteiger partial charge in [-0.25, -0.2) is 0 Å². The van der Waals surface area contributed by atoms with Crippen molar-refractivity contribution in [1.82, 2.24) is 10.2 Å². The molecule has 0 radical (unpaired) electrons. The number of methoxy groups -OCH3 is 1. The molecule has 0 atom stereocenters. The van der Waals surface area contributed by atoms with Gasteiger partial charge in [0.2, 0.25) is 5.91 Å². The number of nitrogens with zero attached hydrogens (tertiary/aromatic N) is 1. The summed E-state index contributed by atoms with van der Waals surface area (Å²) in [7, 11) is 3.54. The van der Waals surface area contributed by atoms with Crippen LogP contribution < -0.4 is 5.32 Å². The number of ether oxygens (including phenoxy) is 1. The van der Waals surface area contributed by atoms with Crippen molar-refractivity contribution in [3.63, 3.8) is 0 Å². The van der Waals surface area contributed by atoms with Crippen molar-refractivity contribution >= 4 is 5.91 Å². The molecule has 16 heavy (non-hydrogen) atoms. The third-order valence-corrected chi connectivity index (χ3v) is 3.67. The molecule has 0 aromatic carbocycles. The number of carbonyl (C=O) groups is 1. The average molecular weight is 228 g/mol. The molecular weight excluding hydrogens is 204 g/mol. The number of carbonyl (C=O) groups excluding carboxylic acids is 1. The van der Waals surface area contributed by atoms with E-state index in [0.29, 0.717) is 13.2 Å². The summed E-state index contributed by atoms with van der Waals surface area (Å²) in [5.41, 5.74) is -0.131. The Labute approximate surface area is 98.3 Å². The maximum absolute atomic E-state index is 12.4. The Morgan fingerprint density at radius 1 is 1.44 bits per heavy atom. The summed E-state index contributed by atoms with van der Waals surface area (Å²) in [6.07, 6.45) is 2.85. The largest absolute Gasteiger partial charge is 0.383 e. The summed E-state index contributed by atoms with van der Waals surface area (Å²) in [6, 6.07) is 0. The fourth-order valence-electron chi connectivity index (χ4n) is 2.36. The fraction of sp³-hybridized carbons (Fsp3) is 0.917. The van der Waals surface area contributed by atoms with Gasteiger partial charge in [0.15, 0.2) is 0 Å². The second-order valence-electron chi connectivity index (χ2n) is 4.60. The lowest BCUT2D eigenvalue weighted by molar-refractivity contribution is -0.143. The topological polar surface area (TPSA) is 41.6 Å². The first kappa shape index (κ1) is 13.5. The minimum absolute atomic E-state index is 0.131. The van der Waals surface area contributed by atoms with Crippen LogP contribution in [0, 0.1) is 5.41 Å². The quantitative estimate of drug-likeness (QED) is 0.759. The van der Waals surface area contributed by atoms with Gasteiger partial charge in [0.1, 0.15) is 0 Å². The smallest absolute Gasteiger partial charge is 0.228 e. The van der Waals surface area contributed by atoms with E-state index in [-0.39, 0.29) is 11.3 Å². The summed E-state index contributed by atoms with van der Waals surface area (Å²) in [5, 5.41) is 3.32. The van der Waals surface area contributed by atoms with E-state index < -0.39 is 0 Å². The lowest BCUT2D eigenvalue weighted by Gasteiger charge is -2.38. The molecule has 0 bridgehead atoms. The molecule has 1 saturated heterocycles. The van der Waals surface area contributed by atoms with Gasteiger partial charge in [-0.15, -0.1) is 0 Å². The first-order valence-electron chi connectivity index (χ1n) is 6.11.